The maximum absolute atomic E-state index is 3.75. The van der Waals surface area contributed by atoms with Crippen LogP contribution in [0.25, 0.3) is 0 Å². The average molecular weight is 272 g/mol. The smallest absolute Gasteiger partial charge is 0.0186 e. The molecule has 18 heavy (non-hydrogen) atoms. The molecular formula is C16H33NS. The Morgan fingerprint density at radius 3 is 2.44 bits per heavy atom. The highest BCUT2D eigenvalue weighted by Crippen LogP contribution is 2.36. The molecule has 1 nitrogen and oxygen atoms in total. The molecule has 2 heteroatoms. The van der Waals surface area contributed by atoms with Gasteiger partial charge in [-0.1, -0.05) is 41.0 Å². The number of thioether (sulfide) groups is 1. The predicted molar refractivity (Wildman–Crippen MR) is 85.3 cm³/mol. The molecule has 0 aromatic carbocycles. The summed E-state index contributed by atoms with van der Waals surface area (Å²) in [6.45, 7) is 12.9. The van der Waals surface area contributed by atoms with Crippen LogP contribution in [0.5, 0.6) is 0 Å². The maximum Gasteiger partial charge on any atom is 0.0186 e. The van der Waals surface area contributed by atoms with Gasteiger partial charge in [-0.15, -0.1) is 0 Å². The van der Waals surface area contributed by atoms with Gasteiger partial charge in [0.1, 0.15) is 0 Å². The van der Waals surface area contributed by atoms with E-state index >= 15 is 0 Å². The van der Waals surface area contributed by atoms with E-state index < -0.39 is 0 Å². The van der Waals surface area contributed by atoms with Gasteiger partial charge in [-0.2, -0.15) is 11.8 Å². The van der Waals surface area contributed by atoms with E-state index in [-0.39, 0.29) is 0 Å². The Morgan fingerprint density at radius 1 is 1.17 bits per heavy atom. The van der Waals surface area contributed by atoms with Crippen LogP contribution in [-0.2, 0) is 0 Å². The first-order valence-corrected chi connectivity index (χ1v) is 8.98. The van der Waals surface area contributed by atoms with Crippen molar-refractivity contribution in [1.29, 1.82) is 0 Å². The fraction of sp³-hybridized carbons (Fsp3) is 1.00. The average Bonchev–Trinajstić information content (AvgIpc) is 2.37. The van der Waals surface area contributed by atoms with E-state index in [1.54, 1.807) is 0 Å². The van der Waals surface area contributed by atoms with Crippen LogP contribution in [0.3, 0.4) is 0 Å². The first-order chi connectivity index (χ1) is 8.58. The summed E-state index contributed by atoms with van der Waals surface area (Å²) in [5, 5.41) is 4.56. The highest BCUT2D eigenvalue weighted by molar-refractivity contribution is 7.99. The summed E-state index contributed by atoms with van der Waals surface area (Å²) in [7, 11) is 0. The van der Waals surface area contributed by atoms with Crippen LogP contribution in [0.15, 0.2) is 0 Å². The topological polar surface area (TPSA) is 12.0 Å². The minimum atomic E-state index is 0.740. The largest absolute Gasteiger partial charge is 0.313 e. The summed E-state index contributed by atoms with van der Waals surface area (Å²) in [5.74, 6) is 4.06. The minimum Gasteiger partial charge on any atom is -0.313 e. The molecule has 0 aliphatic heterocycles. The zero-order valence-electron chi connectivity index (χ0n) is 13.0. The molecular weight excluding hydrogens is 238 g/mol. The van der Waals surface area contributed by atoms with E-state index in [1.807, 2.05) is 0 Å². The molecule has 0 radical (unpaired) electrons. The van der Waals surface area contributed by atoms with Crippen LogP contribution in [0.2, 0.25) is 0 Å². The molecule has 1 fully saturated rings. The third-order valence-corrected chi connectivity index (χ3v) is 6.26. The van der Waals surface area contributed by atoms with Gasteiger partial charge in [0.2, 0.25) is 0 Å². The molecule has 0 bridgehead atoms. The molecule has 1 aliphatic carbocycles. The van der Waals surface area contributed by atoms with Crippen molar-refractivity contribution in [3.8, 4) is 0 Å². The van der Waals surface area contributed by atoms with Gasteiger partial charge in [0.05, 0.1) is 0 Å². The van der Waals surface area contributed by atoms with Crippen molar-refractivity contribution < 1.29 is 0 Å². The molecule has 0 heterocycles. The van der Waals surface area contributed by atoms with Gasteiger partial charge in [-0.3, -0.25) is 0 Å². The molecule has 5 atom stereocenters. The third-order valence-electron chi connectivity index (χ3n) is 4.81. The van der Waals surface area contributed by atoms with Crippen LogP contribution in [0.4, 0.5) is 0 Å². The first-order valence-electron chi connectivity index (χ1n) is 7.93. The molecule has 0 spiro atoms. The van der Waals surface area contributed by atoms with Crippen LogP contribution < -0.4 is 5.32 Å². The van der Waals surface area contributed by atoms with E-state index in [0.717, 1.165) is 35.6 Å². The van der Waals surface area contributed by atoms with E-state index in [2.05, 4.69) is 51.7 Å². The van der Waals surface area contributed by atoms with E-state index in [0.29, 0.717) is 0 Å². The van der Waals surface area contributed by atoms with Crippen molar-refractivity contribution in [3.63, 3.8) is 0 Å². The van der Waals surface area contributed by atoms with Crippen molar-refractivity contribution in [2.24, 2.45) is 17.8 Å². The van der Waals surface area contributed by atoms with Crippen LogP contribution in [0.1, 0.15) is 60.3 Å². The van der Waals surface area contributed by atoms with Gasteiger partial charge in [0.25, 0.3) is 0 Å². The van der Waals surface area contributed by atoms with Gasteiger partial charge in [-0.25, -0.2) is 0 Å². The normalized spacial score (nSPS) is 32.2. The predicted octanol–water partition coefficient (Wildman–Crippen LogP) is 4.57. The summed E-state index contributed by atoms with van der Waals surface area (Å²) in [4.78, 5) is 0. The van der Waals surface area contributed by atoms with Gasteiger partial charge in [0.15, 0.2) is 0 Å². The summed E-state index contributed by atoms with van der Waals surface area (Å²) in [6.07, 6.45) is 5.59. The Labute approximate surface area is 119 Å². The van der Waals surface area contributed by atoms with Gasteiger partial charge < -0.3 is 5.32 Å². The molecule has 1 rings (SSSR count). The molecule has 108 valence electrons. The van der Waals surface area contributed by atoms with Crippen molar-refractivity contribution in [1.82, 2.24) is 5.32 Å². The van der Waals surface area contributed by atoms with E-state index in [9.17, 15) is 0 Å². The van der Waals surface area contributed by atoms with Crippen LogP contribution in [-0.4, -0.2) is 23.6 Å². The van der Waals surface area contributed by atoms with Crippen LogP contribution >= 0.6 is 11.8 Å². The van der Waals surface area contributed by atoms with Gasteiger partial charge in [0, 0.05) is 17.0 Å². The summed E-state index contributed by atoms with van der Waals surface area (Å²) in [6, 6.07) is 0.740. The van der Waals surface area contributed by atoms with E-state index in [1.165, 1.54) is 31.4 Å². The molecule has 0 saturated heterocycles. The number of rotatable bonds is 7. The van der Waals surface area contributed by atoms with Crippen LogP contribution in [0, 0.1) is 17.8 Å². The second-order valence-electron chi connectivity index (χ2n) is 6.24. The fourth-order valence-electron chi connectivity index (χ4n) is 2.96. The molecule has 0 amide bonds. The lowest BCUT2D eigenvalue weighted by atomic mass is 9.73. The second-order valence-corrected chi connectivity index (χ2v) is 7.72. The Morgan fingerprint density at radius 2 is 1.89 bits per heavy atom. The van der Waals surface area contributed by atoms with Crippen molar-refractivity contribution >= 4 is 11.8 Å². The lowest BCUT2D eigenvalue weighted by Gasteiger charge is -2.37. The van der Waals surface area contributed by atoms with Gasteiger partial charge in [-0.05, 0) is 43.6 Å². The molecule has 5 unspecified atom stereocenters. The number of nitrogens with one attached hydrogen (secondary N) is 1. The molecule has 1 aliphatic rings. The summed E-state index contributed by atoms with van der Waals surface area (Å²) < 4.78 is 0. The SMILES string of the molecule is CCNC(CSC(C)CC)C1CCC(C)C(C)C1. The minimum absolute atomic E-state index is 0.740. The summed E-state index contributed by atoms with van der Waals surface area (Å²) >= 11 is 2.16. The standard InChI is InChI=1S/C16H33NS/c1-6-14(5)18-11-16(17-7-2)15-9-8-12(3)13(4)10-15/h12-17H,6-11H2,1-5H3. The first kappa shape index (κ1) is 16.4. The lowest BCUT2D eigenvalue weighted by Crippen LogP contribution is -2.41. The quantitative estimate of drug-likeness (QED) is 0.728. The Kier molecular flexibility index (Phi) is 7.70. The van der Waals surface area contributed by atoms with Crippen molar-refractivity contribution in [2.45, 2.75) is 71.6 Å². The number of hydrogen-bond donors (Lipinski definition) is 1. The monoisotopic (exact) mass is 271 g/mol. The highest BCUT2D eigenvalue weighted by atomic mass is 32.2. The van der Waals surface area contributed by atoms with Gasteiger partial charge >= 0.3 is 0 Å². The Hall–Kier alpha value is 0.310. The zero-order valence-corrected chi connectivity index (χ0v) is 13.9. The summed E-state index contributed by atoms with van der Waals surface area (Å²) in [5.41, 5.74) is 0. The second kappa shape index (κ2) is 8.47. The number of hydrogen-bond acceptors (Lipinski definition) is 2. The molecule has 1 saturated carbocycles. The third kappa shape index (κ3) is 5.13. The maximum atomic E-state index is 3.75. The van der Waals surface area contributed by atoms with Crippen molar-refractivity contribution in [2.75, 3.05) is 12.3 Å². The Bertz CT molecular complexity index is 219. The fourth-order valence-corrected chi connectivity index (χ4v) is 4.13. The molecule has 1 N–H and O–H groups in total. The highest BCUT2D eigenvalue weighted by Gasteiger charge is 2.29. The molecule has 0 aromatic heterocycles. The Balaban J connectivity index is 2.45. The van der Waals surface area contributed by atoms with Crippen molar-refractivity contribution in [3.05, 3.63) is 0 Å². The van der Waals surface area contributed by atoms with E-state index in [4.69, 9.17) is 0 Å². The lowest BCUT2D eigenvalue weighted by molar-refractivity contribution is 0.179. The molecule has 0 aromatic rings. The zero-order chi connectivity index (χ0) is 13.5.